The van der Waals surface area contributed by atoms with E-state index in [4.69, 9.17) is 9.26 Å². The molecule has 1 saturated carbocycles. The maximum Gasteiger partial charge on any atom is 0.389 e. The minimum absolute atomic E-state index is 0.0571. The second-order valence-electron chi connectivity index (χ2n) is 9.95. The lowest BCUT2D eigenvalue weighted by atomic mass is 9.84. The molecule has 198 valence electrons. The number of carbonyl (C=O) groups excluding carboxylic acids is 1. The zero-order valence-electron chi connectivity index (χ0n) is 20.8. The van der Waals surface area contributed by atoms with Gasteiger partial charge in [0.1, 0.15) is 5.76 Å². The van der Waals surface area contributed by atoms with E-state index in [0.717, 1.165) is 75.8 Å². The number of alkyl halides is 3. The van der Waals surface area contributed by atoms with E-state index in [9.17, 15) is 18.0 Å². The summed E-state index contributed by atoms with van der Waals surface area (Å²) in [6.07, 6.45) is 2.07. The fourth-order valence-electron chi connectivity index (χ4n) is 5.18. The summed E-state index contributed by atoms with van der Waals surface area (Å²) in [6, 6.07) is 5.54. The maximum atomic E-state index is 12.5. The summed E-state index contributed by atoms with van der Waals surface area (Å²) < 4.78 is 47.7. The number of aryl methyl sites for hydroxylation is 1. The quantitative estimate of drug-likeness (QED) is 0.545. The third-order valence-electron chi connectivity index (χ3n) is 7.30. The third-order valence-corrected chi connectivity index (χ3v) is 7.30. The smallest absolute Gasteiger partial charge is 0.389 e. The van der Waals surface area contributed by atoms with Crippen molar-refractivity contribution in [3.63, 3.8) is 0 Å². The zero-order chi connectivity index (χ0) is 25.5. The SMILES string of the molecule is COc1cc(CC(=O)NC2CCC(CCN3CCc4ccc(CCC(F)(F)F)nc4CC3)CC2)on1. The van der Waals surface area contributed by atoms with Gasteiger partial charge in [-0.05, 0) is 74.2 Å². The number of rotatable bonds is 9. The molecule has 2 aromatic heterocycles. The van der Waals surface area contributed by atoms with Gasteiger partial charge >= 0.3 is 6.18 Å². The summed E-state index contributed by atoms with van der Waals surface area (Å²) >= 11 is 0. The van der Waals surface area contributed by atoms with E-state index in [-0.39, 0.29) is 24.8 Å². The Balaban J connectivity index is 1.15. The molecule has 4 rings (SSSR count). The fraction of sp³-hybridized carbons (Fsp3) is 0.654. The van der Waals surface area contributed by atoms with Gasteiger partial charge in [-0.3, -0.25) is 9.78 Å². The van der Waals surface area contributed by atoms with Crippen molar-refractivity contribution in [1.82, 2.24) is 20.4 Å². The second-order valence-corrected chi connectivity index (χ2v) is 9.95. The molecule has 0 bridgehead atoms. The van der Waals surface area contributed by atoms with Crippen LogP contribution in [0.2, 0.25) is 0 Å². The topological polar surface area (TPSA) is 80.5 Å². The molecule has 0 atom stereocenters. The number of hydrogen-bond donors (Lipinski definition) is 1. The first-order chi connectivity index (χ1) is 17.3. The van der Waals surface area contributed by atoms with Crippen molar-refractivity contribution in [3.8, 4) is 5.88 Å². The molecule has 2 aliphatic rings. The van der Waals surface area contributed by atoms with Crippen molar-refractivity contribution in [2.75, 3.05) is 26.7 Å². The van der Waals surface area contributed by atoms with Gasteiger partial charge < -0.3 is 19.5 Å². The zero-order valence-corrected chi connectivity index (χ0v) is 20.8. The molecule has 1 N–H and O–H groups in total. The molecule has 0 saturated heterocycles. The van der Waals surface area contributed by atoms with E-state index >= 15 is 0 Å². The van der Waals surface area contributed by atoms with Crippen LogP contribution in [0.3, 0.4) is 0 Å². The van der Waals surface area contributed by atoms with Crippen LogP contribution in [0.15, 0.2) is 22.7 Å². The van der Waals surface area contributed by atoms with Gasteiger partial charge in [0.05, 0.1) is 13.5 Å². The van der Waals surface area contributed by atoms with Crippen LogP contribution in [0.5, 0.6) is 5.88 Å². The highest BCUT2D eigenvalue weighted by Crippen LogP contribution is 2.28. The molecule has 7 nitrogen and oxygen atoms in total. The molecule has 2 aromatic rings. The van der Waals surface area contributed by atoms with Crippen LogP contribution in [-0.2, 0) is 30.5 Å². The fourth-order valence-corrected chi connectivity index (χ4v) is 5.18. The average molecular weight is 509 g/mol. The first-order valence-electron chi connectivity index (χ1n) is 12.8. The van der Waals surface area contributed by atoms with Gasteiger partial charge in [0, 0.05) is 49.4 Å². The number of carbonyl (C=O) groups is 1. The standard InChI is InChI=1S/C26H35F3N4O3/c1-35-25-17-22(36-32-25)16-24(34)31-20-5-2-18(3-6-20)9-13-33-14-10-19-4-7-21(8-12-26(27,28)29)30-23(19)11-15-33/h4,7,17-18,20H,2-3,5-6,8-16H2,1H3,(H,31,34). The van der Waals surface area contributed by atoms with Gasteiger partial charge in [-0.25, -0.2) is 0 Å². The van der Waals surface area contributed by atoms with Crippen LogP contribution in [0, 0.1) is 5.92 Å². The summed E-state index contributed by atoms with van der Waals surface area (Å²) in [4.78, 5) is 19.3. The normalized spacial score (nSPS) is 21.0. The van der Waals surface area contributed by atoms with Crippen LogP contribution in [0.4, 0.5) is 13.2 Å². The Labute approximate surface area is 209 Å². The molecule has 1 aliphatic heterocycles. The molecular formula is C26H35F3N4O3. The van der Waals surface area contributed by atoms with Crippen LogP contribution >= 0.6 is 0 Å². The Bertz CT molecular complexity index is 1000. The number of ether oxygens (including phenoxy) is 1. The lowest BCUT2D eigenvalue weighted by molar-refractivity contribution is -0.134. The molecule has 10 heteroatoms. The van der Waals surface area contributed by atoms with E-state index in [2.05, 4.69) is 20.4 Å². The maximum absolute atomic E-state index is 12.5. The highest BCUT2D eigenvalue weighted by Gasteiger charge is 2.27. The third kappa shape index (κ3) is 7.94. The van der Waals surface area contributed by atoms with Crippen LogP contribution in [0.25, 0.3) is 0 Å². The van der Waals surface area contributed by atoms with Crippen LogP contribution < -0.4 is 10.1 Å². The number of aromatic nitrogens is 2. The van der Waals surface area contributed by atoms with E-state index in [0.29, 0.717) is 23.3 Å². The molecule has 1 aliphatic carbocycles. The van der Waals surface area contributed by atoms with E-state index in [1.165, 1.54) is 7.11 Å². The summed E-state index contributed by atoms with van der Waals surface area (Å²) in [5.74, 6) is 1.45. The Hall–Kier alpha value is -2.62. The van der Waals surface area contributed by atoms with Gasteiger partial charge in [0.2, 0.25) is 5.91 Å². The van der Waals surface area contributed by atoms with Crippen molar-refractivity contribution in [3.05, 3.63) is 40.9 Å². The Kier molecular flexibility index (Phi) is 8.87. The minimum Gasteiger partial charge on any atom is -0.479 e. The number of pyridine rings is 1. The number of nitrogens with zero attached hydrogens (tertiary/aromatic N) is 3. The van der Waals surface area contributed by atoms with Crippen molar-refractivity contribution in [2.24, 2.45) is 5.92 Å². The van der Waals surface area contributed by atoms with Gasteiger partial charge in [-0.1, -0.05) is 6.07 Å². The molecule has 1 amide bonds. The lowest BCUT2D eigenvalue weighted by Crippen LogP contribution is -2.39. The molecule has 0 unspecified atom stereocenters. The van der Waals surface area contributed by atoms with E-state index in [1.807, 2.05) is 6.07 Å². The van der Waals surface area contributed by atoms with Crippen LogP contribution in [-0.4, -0.2) is 59.9 Å². The highest BCUT2D eigenvalue weighted by molar-refractivity contribution is 5.78. The van der Waals surface area contributed by atoms with Gasteiger partial charge in [-0.15, -0.1) is 0 Å². The lowest BCUT2D eigenvalue weighted by Gasteiger charge is -2.30. The van der Waals surface area contributed by atoms with Gasteiger partial charge in [0.25, 0.3) is 5.88 Å². The summed E-state index contributed by atoms with van der Waals surface area (Å²) in [5, 5.41) is 6.83. The molecule has 36 heavy (non-hydrogen) atoms. The van der Waals surface area contributed by atoms with Crippen molar-refractivity contribution in [2.45, 2.75) is 76.4 Å². The Morgan fingerprint density at radius 3 is 2.69 bits per heavy atom. The number of hydrogen-bond acceptors (Lipinski definition) is 6. The summed E-state index contributed by atoms with van der Waals surface area (Å²) in [6.45, 7) is 2.86. The molecule has 0 radical (unpaired) electrons. The first kappa shape index (κ1) is 26.4. The molecule has 0 aromatic carbocycles. The number of amides is 1. The summed E-state index contributed by atoms with van der Waals surface area (Å²) in [7, 11) is 1.50. The van der Waals surface area contributed by atoms with E-state index < -0.39 is 12.6 Å². The number of nitrogens with one attached hydrogen (secondary N) is 1. The van der Waals surface area contributed by atoms with E-state index in [1.54, 1.807) is 12.1 Å². The predicted octanol–water partition coefficient (Wildman–Crippen LogP) is 4.28. The number of halogens is 3. The molecular weight excluding hydrogens is 473 g/mol. The Morgan fingerprint density at radius 1 is 1.19 bits per heavy atom. The van der Waals surface area contributed by atoms with Crippen LogP contribution in [0.1, 0.15) is 61.2 Å². The Morgan fingerprint density at radius 2 is 1.97 bits per heavy atom. The van der Waals surface area contributed by atoms with Crippen molar-refractivity contribution < 1.29 is 27.2 Å². The van der Waals surface area contributed by atoms with Crippen molar-refractivity contribution >= 4 is 5.91 Å². The highest BCUT2D eigenvalue weighted by atomic mass is 19.4. The monoisotopic (exact) mass is 508 g/mol. The predicted molar refractivity (Wildman–Crippen MR) is 128 cm³/mol. The molecule has 0 spiro atoms. The minimum atomic E-state index is -4.15. The number of fused-ring (bicyclic) bond motifs is 1. The largest absolute Gasteiger partial charge is 0.479 e. The number of methoxy groups -OCH3 is 1. The first-order valence-corrected chi connectivity index (χ1v) is 12.8. The van der Waals surface area contributed by atoms with Gasteiger partial charge in [-0.2, -0.15) is 13.2 Å². The van der Waals surface area contributed by atoms with Gasteiger partial charge in [0.15, 0.2) is 0 Å². The molecule has 1 fully saturated rings. The second kappa shape index (κ2) is 12.1. The summed E-state index contributed by atoms with van der Waals surface area (Å²) in [5.41, 5.74) is 2.65. The average Bonchev–Trinajstić information content (AvgIpc) is 3.20. The molecule has 3 heterocycles. The van der Waals surface area contributed by atoms with Crippen molar-refractivity contribution in [1.29, 1.82) is 0 Å².